The molecular weight excluding hydrogens is 462 g/mol. The van der Waals surface area contributed by atoms with Gasteiger partial charge in [0.25, 0.3) is 11.1 Å². The molecule has 1 saturated heterocycles. The zero-order valence-electron chi connectivity index (χ0n) is 16.0. The molecule has 0 aromatic heterocycles. The van der Waals surface area contributed by atoms with Gasteiger partial charge in [0.15, 0.2) is 0 Å². The number of hydrogen-bond donors (Lipinski definition) is 0. The van der Waals surface area contributed by atoms with Crippen molar-refractivity contribution < 1.29 is 14.3 Å². The summed E-state index contributed by atoms with van der Waals surface area (Å²) in [5, 5.41) is -0.265. The molecule has 0 N–H and O–H groups in total. The Hall–Kier alpha value is -2.83. The van der Waals surface area contributed by atoms with Crippen molar-refractivity contribution in [3.05, 3.63) is 105 Å². The Morgan fingerprint density at radius 1 is 0.933 bits per heavy atom. The highest BCUT2D eigenvalue weighted by Gasteiger charge is 2.35. The molecule has 0 unspecified atom stereocenters. The molecule has 1 fully saturated rings. The average molecular weight is 480 g/mol. The molecule has 0 aliphatic carbocycles. The van der Waals surface area contributed by atoms with Crippen LogP contribution in [0.4, 0.5) is 4.79 Å². The summed E-state index contributed by atoms with van der Waals surface area (Å²) in [6, 6.07) is 25.0. The molecule has 0 atom stereocenters. The molecule has 1 heterocycles. The number of ether oxygens (including phenoxy) is 1. The fourth-order valence-electron chi connectivity index (χ4n) is 3.02. The van der Waals surface area contributed by atoms with Crippen LogP contribution in [-0.4, -0.2) is 16.0 Å². The lowest BCUT2D eigenvalue weighted by atomic mass is 10.2. The van der Waals surface area contributed by atoms with Crippen molar-refractivity contribution >= 4 is 44.9 Å². The number of rotatable bonds is 6. The van der Waals surface area contributed by atoms with E-state index < -0.39 is 0 Å². The molecule has 0 spiro atoms. The molecule has 6 heteroatoms. The number of imide groups is 1. The summed E-state index contributed by atoms with van der Waals surface area (Å²) in [5.41, 5.74) is 2.78. The topological polar surface area (TPSA) is 46.6 Å². The van der Waals surface area contributed by atoms with Crippen molar-refractivity contribution in [1.29, 1.82) is 0 Å². The summed E-state index contributed by atoms with van der Waals surface area (Å²) in [5.74, 6) is 0.427. The predicted octanol–water partition coefficient (Wildman–Crippen LogP) is 6.26. The fraction of sp³-hybridized carbons (Fsp3) is 0.0833. The molecule has 3 aromatic rings. The van der Waals surface area contributed by atoms with Crippen LogP contribution in [0, 0.1) is 0 Å². The minimum atomic E-state index is -0.281. The van der Waals surface area contributed by atoms with Gasteiger partial charge in [0.2, 0.25) is 0 Å². The van der Waals surface area contributed by atoms with E-state index in [9.17, 15) is 9.59 Å². The smallest absolute Gasteiger partial charge is 0.293 e. The van der Waals surface area contributed by atoms with Crippen molar-refractivity contribution in [3.8, 4) is 5.75 Å². The third-order valence-electron chi connectivity index (χ3n) is 4.56. The van der Waals surface area contributed by atoms with Crippen LogP contribution < -0.4 is 4.74 Å². The van der Waals surface area contributed by atoms with Crippen LogP contribution in [0.15, 0.2) is 88.2 Å². The van der Waals surface area contributed by atoms with Crippen molar-refractivity contribution in [2.75, 3.05) is 0 Å². The van der Waals surface area contributed by atoms with Crippen LogP contribution in [0.25, 0.3) is 6.08 Å². The molecule has 0 bridgehead atoms. The molecule has 3 aromatic carbocycles. The standard InChI is InChI=1S/C24H18BrNO3S/c25-21-12-5-4-10-19(21)15-26-23(27)22(30-24(26)28)14-18-9-6-11-20(13-18)29-16-17-7-2-1-3-8-17/h1-14H,15-16H2/b22-14-. The van der Waals surface area contributed by atoms with Gasteiger partial charge in [-0.1, -0.05) is 76.6 Å². The Balaban J connectivity index is 1.47. The van der Waals surface area contributed by atoms with Crippen LogP contribution >= 0.6 is 27.7 Å². The third kappa shape index (κ3) is 4.83. The SMILES string of the molecule is O=C1S/C(=C\c2cccc(OCc3ccccc3)c2)C(=O)N1Cc1ccccc1Br. The number of amides is 2. The van der Waals surface area contributed by atoms with Crippen LogP contribution in [0.1, 0.15) is 16.7 Å². The zero-order chi connectivity index (χ0) is 20.9. The van der Waals surface area contributed by atoms with Crippen molar-refractivity contribution in [2.45, 2.75) is 13.2 Å². The molecule has 4 rings (SSSR count). The Morgan fingerprint density at radius 2 is 1.70 bits per heavy atom. The number of thioether (sulfide) groups is 1. The minimum Gasteiger partial charge on any atom is -0.489 e. The zero-order valence-corrected chi connectivity index (χ0v) is 18.4. The molecule has 4 nitrogen and oxygen atoms in total. The highest BCUT2D eigenvalue weighted by molar-refractivity contribution is 9.10. The first-order chi connectivity index (χ1) is 14.6. The quantitative estimate of drug-likeness (QED) is 0.391. The van der Waals surface area contributed by atoms with Crippen LogP contribution in [0.5, 0.6) is 5.75 Å². The summed E-state index contributed by atoms with van der Waals surface area (Å²) in [6.45, 7) is 0.705. The van der Waals surface area contributed by atoms with E-state index in [1.807, 2.05) is 78.9 Å². The number of benzene rings is 3. The third-order valence-corrected chi connectivity index (χ3v) is 6.25. The van der Waals surface area contributed by atoms with Crippen molar-refractivity contribution in [3.63, 3.8) is 0 Å². The maximum absolute atomic E-state index is 12.8. The lowest BCUT2D eigenvalue weighted by Gasteiger charge is -2.13. The van der Waals surface area contributed by atoms with E-state index in [1.54, 1.807) is 6.08 Å². The highest BCUT2D eigenvalue weighted by atomic mass is 79.9. The second-order valence-corrected chi connectivity index (χ2v) is 8.55. The summed E-state index contributed by atoms with van der Waals surface area (Å²) in [7, 11) is 0. The average Bonchev–Trinajstić information content (AvgIpc) is 3.02. The van der Waals surface area contributed by atoms with Gasteiger partial charge in [-0.05, 0) is 52.7 Å². The van der Waals surface area contributed by atoms with Crippen molar-refractivity contribution in [1.82, 2.24) is 4.90 Å². The van der Waals surface area contributed by atoms with E-state index in [-0.39, 0.29) is 17.7 Å². The van der Waals surface area contributed by atoms with Gasteiger partial charge in [0.05, 0.1) is 11.4 Å². The first kappa shape index (κ1) is 20.4. The Bertz CT molecular complexity index is 1110. The highest BCUT2D eigenvalue weighted by Crippen LogP contribution is 2.34. The Kier molecular flexibility index (Phi) is 6.35. The molecule has 0 radical (unpaired) electrons. The Morgan fingerprint density at radius 3 is 2.50 bits per heavy atom. The number of hydrogen-bond acceptors (Lipinski definition) is 4. The maximum atomic E-state index is 12.8. The lowest BCUT2D eigenvalue weighted by molar-refractivity contribution is -0.123. The van der Waals surface area contributed by atoms with Crippen LogP contribution in [-0.2, 0) is 17.9 Å². The van der Waals surface area contributed by atoms with Crippen molar-refractivity contribution in [2.24, 2.45) is 0 Å². The van der Waals surface area contributed by atoms with Gasteiger partial charge in [0, 0.05) is 4.47 Å². The lowest BCUT2D eigenvalue weighted by Crippen LogP contribution is -2.27. The monoisotopic (exact) mass is 479 g/mol. The number of nitrogens with zero attached hydrogens (tertiary/aromatic N) is 1. The van der Waals surface area contributed by atoms with E-state index in [0.717, 1.165) is 32.9 Å². The molecule has 1 aliphatic rings. The first-order valence-corrected chi connectivity index (χ1v) is 11.0. The second kappa shape index (κ2) is 9.32. The normalized spacial score (nSPS) is 15.1. The fourth-order valence-corrected chi connectivity index (χ4v) is 4.27. The number of halogens is 1. The van der Waals surface area contributed by atoms with Gasteiger partial charge < -0.3 is 4.74 Å². The summed E-state index contributed by atoms with van der Waals surface area (Å²) >= 11 is 4.43. The van der Waals surface area contributed by atoms with Crippen LogP contribution in [0.2, 0.25) is 0 Å². The molecule has 0 saturated carbocycles. The number of carbonyl (C=O) groups excluding carboxylic acids is 2. The summed E-state index contributed by atoms with van der Waals surface area (Å²) in [4.78, 5) is 26.9. The molecule has 30 heavy (non-hydrogen) atoms. The maximum Gasteiger partial charge on any atom is 0.293 e. The minimum absolute atomic E-state index is 0.240. The number of carbonyl (C=O) groups is 2. The van der Waals surface area contributed by atoms with Gasteiger partial charge in [-0.2, -0.15) is 0 Å². The second-order valence-electron chi connectivity index (χ2n) is 6.71. The van der Waals surface area contributed by atoms with Crippen LogP contribution in [0.3, 0.4) is 0 Å². The predicted molar refractivity (Wildman–Crippen MR) is 123 cm³/mol. The molecular formula is C24H18BrNO3S. The van der Waals surface area contributed by atoms with E-state index in [1.165, 1.54) is 4.90 Å². The van der Waals surface area contributed by atoms with E-state index in [0.29, 0.717) is 17.3 Å². The molecule has 150 valence electrons. The molecule has 2 amide bonds. The van der Waals surface area contributed by atoms with Gasteiger partial charge in [-0.25, -0.2) is 0 Å². The first-order valence-electron chi connectivity index (χ1n) is 9.36. The van der Waals surface area contributed by atoms with E-state index in [2.05, 4.69) is 15.9 Å². The van der Waals surface area contributed by atoms with E-state index >= 15 is 0 Å². The van der Waals surface area contributed by atoms with E-state index in [4.69, 9.17) is 4.74 Å². The van der Waals surface area contributed by atoms with Gasteiger partial charge in [-0.3, -0.25) is 14.5 Å². The summed E-state index contributed by atoms with van der Waals surface area (Å²) < 4.78 is 6.73. The largest absolute Gasteiger partial charge is 0.489 e. The molecule has 1 aliphatic heterocycles. The Labute approximate surface area is 187 Å². The van der Waals surface area contributed by atoms with Gasteiger partial charge in [0.1, 0.15) is 12.4 Å². The van der Waals surface area contributed by atoms with Gasteiger partial charge >= 0.3 is 0 Å². The van der Waals surface area contributed by atoms with Gasteiger partial charge in [-0.15, -0.1) is 0 Å². The summed E-state index contributed by atoms with van der Waals surface area (Å²) in [6.07, 6.45) is 1.74.